The van der Waals surface area contributed by atoms with Gasteiger partial charge in [0, 0.05) is 24.5 Å². The minimum atomic E-state index is -3.55. The fourth-order valence-electron chi connectivity index (χ4n) is 1.84. The molecule has 0 aliphatic rings. The number of nitrogens with zero attached hydrogens (tertiary/aromatic N) is 1. The Kier molecular flexibility index (Phi) is 7.45. The Morgan fingerprint density at radius 2 is 2.00 bits per heavy atom. The molecule has 1 amide bonds. The monoisotopic (exact) mass is 366 g/mol. The summed E-state index contributed by atoms with van der Waals surface area (Å²) in [5, 5.41) is 3.39. The Morgan fingerprint density at radius 3 is 2.55 bits per heavy atom. The van der Waals surface area contributed by atoms with Gasteiger partial charge in [-0.1, -0.05) is 36.5 Å². The second kappa shape index (κ2) is 8.60. The normalized spacial score (nSPS) is 11.3. The SMILES string of the molecule is CCCCNC(=O)CCN(c1ccc(Cl)cc1Cl)S(C)(=O)=O. The highest BCUT2D eigenvalue weighted by Gasteiger charge is 2.21. The number of carbonyl (C=O) groups excluding carboxylic acids is 1. The first-order valence-electron chi connectivity index (χ1n) is 6.95. The Hall–Kier alpha value is -0.980. The summed E-state index contributed by atoms with van der Waals surface area (Å²) in [7, 11) is -3.55. The van der Waals surface area contributed by atoms with Gasteiger partial charge in [0.15, 0.2) is 0 Å². The lowest BCUT2D eigenvalue weighted by atomic mass is 10.3. The zero-order chi connectivity index (χ0) is 16.8. The number of amides is 1. The highest BCUT2D eigenvalue weighted by molar-refractivity contribution is 7.92. The average molecular weight is 367 g/mol. The summed E-state index contributed by atoms with van der Waals surface area (Å²) in [6.07, 6.45) is 3.02. The highest BCUT2D eigenvalue weighted by Crippen LogP contribution is 2.30. The van der Waals surface area contributed by atoms with Crippen molar-refractivity contribution < 1.29 is 13.2 Å². The predicted molar refractivity (Wildman–Crippen MR) is 91.2 cm³/mol. The molecule has 1 aromatic carbocycles. The quantitative estimate of drug-likeness (QED) is 0.718. The molecule has 8 heteroatoms. The van der Waals surface area contributed by atoms with Gasteiger partial charge in [-0.25, -0.2) is 8.42 Å². The van der Waals surface area contributed by atoms with E-state index in [-0.39, 0.29) is 23.9 Å². The van der Waals surface area contributed by atoms with E-state index in [1.54, 1.807) is 6.07 Å². The number of unbranched alkanes of at least 4 members (excludes halogenated alkanes) is 1. The number of rotatable bonds is 8. The van der Waals surface area contributed by atoms with Crippen LogP contribution in [0.5, 0.6) is 0 Å². The van der Waals surface area contributed by atoms with Crippen LogP contribution in [0.2, 0.25) is 10.0 Å². The van der Waals surface area contributed by atoms with Gasteiger partial charge >= 0.3 is 0 Å². The molecule has 124 valence electrons. The van der Waals surface area contributed by atoms with E-state index in [1.807, 2.05) is 6.92 Å². The summed E-state index contributed by atoms with van der Waals surface area (Å²) in [5.41, 5.74) is 0.315. The van der Waals surface area contributed by atoms with Crippen molar-refractivity contribution in [2.45, 2.75) is 26.2 Å². The third-order valence-electron chi connectivity index (χ3n) is 2.97. The average Bonchev–Trinajstić information content (AvgIpc) is 2.40. The topological polar surface area (TPSA) is 66.5 Å². The molecule has 0 aromatic heterocycles. The molecule has 0 aliphatic heterocycles. The van der Waals surface area contributed by atoms with E-state index < -0.39 is 10.0 Å². The van der Waals surface area contributed by atoms with Crippen LogP contribution in [-0.4, -0.2) is 33.7 Å². The molecule has 1 N–H and O–H groups in total. The second-order valence-electron chi connectivity index (χ2n) is 4.88. The zero-order valence-corrected chi connectivity index (χ0v) is 14.9. The van der Waals surface area contributed by atoms with E-state index in [4.69, 9.17) is 23.2 Å². The lowest BCUT2D eigenvalue weighted by Gasteiger charge is -2.23. The van der Waals surface area contributed by atoms with Gasteiger partial charge in [-0.3, -0.25) is 9.10 Å². The molecule has 0 unspecified atom stereocenters. The number of sulfonamides is 1. The molecule has 0 radical (unpaired) electrons. The molecular formula is C14H20Cl2N2O3S. The third-order valence-corrected chi connectivity index (χ3v) is 4.69. The van der Waals surface area contributed by atoms with Gasteiger partial charge in [-0.05, 0) is 24.6 Å². The van der Waals surface area contributed by atoms with Crippen molar-refractivity contribution in [2.75, 3.05) is 23.7 Å². The maximum Gasteiger partial charge on any atom is 0.232 e. The van der Waals surface area contributed by atoms with Crippen molar-refractivity contribution >= 4 is 44.8 Å². The fourth-order valence-corrected chi connectivity index (χ4v) is 3.34. The van der Waals surface area contributed by atoms with Crippen molar-refractivity contribution in [2.24, 2.45) is 0 Å². The summed E-state index contributed by atoms with van der Waals surface area (Å²) < 4.78 is 25.0. The number of hydrogen-bond donors (Lipinski definition) is 1. The lowest BCUT2D eigenvalue weighted by molar-refractivity contribution is -0.120. The molecule has 22 heavy (non-hydrogen) atoms. The Balaban J connectivity index is 2.81. The van der Waals surface area contributed by atoms with Crippen LogP contribution >= 0.6 is 23.2 Å². The van der Waals surface area contributed by atoms with Gasteiger partial charge in [-0.15, -0.1) is 0 Å². The third kappa shape index (κ3) is 6.02. The van der Waals surface area contributed by atoms with E-state index in [0.717, 1.165) is 23.4 Å². The fraction of sp³-hybridized carbons (Fsp3) is 0.500. The van der Waals surface area contributed by atoms with Crippen molar-refractivity contribution in [3.63, 3.8) is 0 Å². The molecule has 0 spiro atoms. The van der Waals surface area contributed by atoms with Gasteiger partial charge in [0.1, 0.15) is 0 Å². The standard InChI is InChI=1S/C14H20Cl2N2O3S/c1-3-4-8-17-14(19)7-9-18(22(2,20)21)13-6-5-11(15)10-12(13)16/h5-6,10H,3-4,7-9H2,1-2H3,(H,17,19). The summed E-state index contributed by atoms with van der Waals surface area (Å²) in [6, 6.07) is 4.56. The minimum absolute atomic E-state index is 0.0259. The molecule has 0 atom stereocenters. The van der Waals surface area contributed by atoms with Crippen LogP contribution in [0.4, 0.5) is 5.69 Å². The first-order valence-corrected chi connectivity index (χ1v) is 9.55. The van der Waals surface area contributed by atoms with Crippen molar-refractivity contribution in [1.29, 1.82) is 0 Å². The van der Waals surface area contributed by atoms with Gasteiger partial charge < -0.3 is 5.32 Å². The highest BCUT2D eigenvalue weighted by atomic mass is 35.5. The van der Waals surface area contributed by atoms with Crippen molar-refractivity contribution in [1.82, 2.24) is 5.32 Å². The van der Waals surface area contributed by atoms with Gasteiger partial charge in [0.2, 0.25) is 15.9 Å². The molecule has 5 nitrogen and oxygen atoms in total. The largest absolute Gasteiger partial charge is 0.356 e. The van der Waals surface area contributed by atoms with Crippen LogP contribution in [0.15, 0.2) is 18.2 Å². The molecule has 0 heterocycles. The number of halogens is 2. The van der Waals surface area contributed by atoms with E-state index in [1.165, 1.54) is 12.1 Å². The van der Waals surface area contributed by atoms with E-state index >= 15 is 0 Å². The summed E-state index contributed by atoms with van der Waals surface area (Å²) in [4.78, 5) is 11.7. The summed E-state index contributed by atoms with van der Waals surface area (Å²) in [5.74, 6) is -0.188. The molecule has 0 saturated heterocycles. The predicted octanol–water partition coefficient (Wildman–Crippen LogP) is 3.07. The number of anilines is 1. The number of benzene rings is 1. The molecule has 1 rings (SSSR count). The first kappa shape index (κ1) is 19.1. The van der Waals surface area contributed by atoms with Crippen LogP contribution in [0, 0.1) is 0 Å². The van der Waals surface area contributed by atoms with Gasteiger partial charge in [0.05, 0.1) is 17.0 Å². The molecule has 0 fully saturated rings. The number of hydrogen-bond acceptors (Lipinski definition) is 3. The lowest BCUT2D eigenvalue weighted by Crippen LogP contribution is -2.35. The molecule has 0 bridgehead atoms. The van der Waals surface area contributed by atoms with Crippen LogP contribution < -0.4 is 9.62 Å². The van der Waals surface area contributed by atoms with Gasteiger partial charge in [0.25, 0.3) is 0 Å². The molecule has 1 aromatic rings. The van der Waals surface area contributed by atoms with Crippen LogP contribution in [0.25, 0.3) is 0 Å². The van der Waals surface area contributed by atoms with E-state index in [0.29, 0.717) is 17.3 Å². The van der Waals surface area contributed by atoms with Crippen molar-refractivity contribution in [3.05, 3.63) is 28.2 Å². The van der Waals surface area contributed by atoms with Crippen LogP contribution in [0.1, 0.15) is 26.2 Å². The van der Waals surface area contributed by atoms with Crippen LogP contribution in [-0.2, 0) is 14.8 Å². The minimum Gasteiger partial charge on any atom is -0.356 e. The smallest absolute Gasteiger partial charge is 0.232 e. The Bertz CT molecular complexity index is 621. The van der Waals surface area contributed by atoms with Crippen LogP contribution in [0.3, 0.4) is 0 Å². The Morgan fingerprint density at radius 1 is 1.32 bits per heavy atom. The maximum absolute atomic E-state index is 11.9. The van der Waals surface area contributed by atoms with Gasteiger partial charge in [-0.2, -0.15) is 0 Å². The van der Waals surface area contributed by atoms with E-state index in [2.05, 4.69) is 5.32 Å². The summed E-state index contributed by atoms with van der Waals surface area (Å²) in [6.45, 7) is 2.65. The summed E-state index contributed by atoms with van der Waals surface area (Å²) >= 11 is 11.9. The zero-order valence-electron chi connectivity index (χ0n) is 12.6. The number of carbonyl (C=O) groups is 1. The first-order chi connectivity index (χ1) is 10.3. The maximum atomic E-state index is 11.9. The van der Waals surface area contributed by atoms with E-state index in [9.17, 15) is 13.2 Å². The molecular weight excluding hydrogens is 347 g/mol. The van der Waals surface area contributed by atoms with Crippen molar-refractivity contribution in [3.8, 4) is 0 Å². The Labute approximate surface area is 141 Å². The molecule has 0 saturated carbocycles. The number of nitrogens with one attached hydrogen (secondary N) is 1. The second-order valence-corrected chi connectivity index (χ2v) is 7.63. The molecule has 0 aliphatic carbocycles.